The smallest absolute Gasteiger partial charge is 0.317 e. The van der Waals surface area contributed by atoms with E-state index in [4.69, 9.17) is 14.5 Å². The lowest BCUT2D eigenvalue weighted by atomic mass is 9.87. The lowest BCUT2D eigenvalue weighted by Crippen LogP contribution is -2.29. The molecule has 1 saturated carbocycles. The topological polar surface area (TPSA) is 125 Å². The highest BCUT2D eigenvalue weighted by molar-refractivity contribution is 5.70. The van der Waals surface area contributed by atoms with Gasteiger partial charge >= 0.3 is 12.0 Å². The summed E-state index contributed by atoms with van der Waals surface area (Å²) in [6.45, 7) is 2.03. The molecule has 10 heteroatoms. The monoisotopic (exact) mass is 500 g/mol. The van der Waals surface area contributed by atoms with Gasteiger partial charge in [-0.1, -0.05) is 35.5 Å². The molecule has 0 saturated heterocycles. The molecule has 190 valence electrons. The lowest BCUT2D eigenvalue weighted by molar-refractivity contribution is -0.143. The molecule has 0 aliphatic heterocycles. The lowest BCUT2D eigenvalue weighted by Gasteiger charge is -2.27. The van der Waals surface area contributed by atoms with E-state index >= 15 is 0 Å². The number of benzene rings is 1. The van der Waals surface area contributed by atoms with Crippen molar-refractivity contribution in [3.05, 3.63) is 66.1 Å². The van der Waals surface area contributed by atoms with E-state index in [1.807, 2.05) is 55.5 Å². The third-order valence-corrected chi connectivity index (χ3v) is 6.53. The second kappa shape index (κ2) is 10.7. The van der Waals surface area contributed by atoms with Gasteiger partial charge in [0.05, 0.1) is 29.1 Å². The summed E-state index contributed by atoms with van der Waals surface area (Å²) in [4.78, 5) is 24.8. The first-order valence-electron chi connectivity index (χ1n) is 12.2. The van der Waals surface area contributed by atoms with Crippen molar-refractivity contribution in [1.82, 2.24) is 29.9 Å². The summed E-state index contributed by atoms with van der Waals surface area (Å²) < 4.78 is 13.7. The minimum absolute atomic E-state index is 0.131. The summed E-state index contributed by atoms with van der Waals surface area (Å²) in [5.74, 6) is -0.466. The van der Waals surface area contributed by atoms with E-state index < -0.39 is 5.97 Å². The van der Waals surface area contributed by atoms with Crippen molar-refractivity contribution in [3.8, 4) is 34.4 Å². The van der Waals surface area contributed by atoms with Gasteiger partial charge in [-0.25, -0.2) is 14.6 Å². The molecule has 1 N–H and O–H groups in total. The van der Waals surface area contributed by atoms with Gasteiger partial charge in [-0.3, -0.25) is 4.79 Å². The fraction of sp³-hybridized carbons (Fsp3) is 0.333. The van der Waals surface area contributed by atoms with Crippen LogP contribution < -0.4 is 9.47 Å². The van der Waals surface area contributed by atoms with Crippen LogP contribution in [0.2, 0.25) is 0 Å². The molecule has 4 aromatic rings. The van der Waals surface area contributed by atoms with E-state index in [1.54, 1.807) is 17.9 Å². The SMILES string of the molecule is Cc1nc(-c2nnn(C)c2COc2nccc(-c3ccccc3)n2)ccc1OC1CCCC(C(=O)O)C1. The number of carboxylic acid groups (broad SMARTS) is 1. The summed E-state index contributed by atoms with van der Waals surface area (Å²) in [7, 11) is 1.79. The number of pyridine rings is 1. The molecule has 1 aromatic carbocycles. The van der Waals surface area contributed by atoms with Crippen LogP contribution in [-0.2, 0) is 18.4 Å². The first-order valence-corrected chi connectivity index (χ1v) is 12.2. The average Bonchev–Trinajstić information content (AvgIpc) is 3.29. The quantitative estimate of drug-likeness (QED) is 0.378. The fourth-order valence-corrected chi connectivity index (χ4v) is 4.51. The molecule has 1 fully saturated rings. The highest BCUT2D eigenvalue weighted by Gasteiger charge is 2.28. The minimum Gasteiger partial charge on any atom is -0.489 e. The zero-order chi connectivity index (χ0) is 25.8. The van der Waals surface area contributed by atoms with Crippen molar-refractivity contribution in [1.29, 1.82) is 0 Å². The van der Waals surface area contributed by atoms with Gasteiger partial charge in [-0.15, -0.1) is 5.10 Å². The second-order valence-electron chi connectivity index (χ2n) is 9.11. The number of hydrogen-bond donors (Lipinski definition) is 1. The van der Waals surface area contributed by atoms with Crippen LogP contribution in [-0.4, -0.2) is 47.1 Å². The third-order valence-electron chi connectivity index (χ3n) is 6.53. The molecular formula is C27H28N6O4. The molecule has 0 spiro atoms. The summed E-state index contributed by atoms with van der Waals surface area (Å²) in [6.07, 6.45) is 4.42. The zero-order valence-corrected chi connectivity index (χ0v) is 20.7. The Labute approximate surface area is 214 Å². The van der Waals surface area contributed by atoms with E-state index in [1.165, 1.54) is 0 Å². The summed E-state index contributed by atoms with van der Waals surface area (Å²) >= 11 is 0. The van der Waals surface area contributed by atoms with Crippen molar-refractivity contribution in [2.75, 3.05) is 0 Å². The van der Waals surface area contributed by atoms with Crippen LogP contribution >= 0.6 is 0 Å². The molecule has 5 rings (SSSR count). The maximum atomic E-state index is 11.4. The summed E-state index contributed by atoms with van der Waals surface area (Å²) in [5.41, 5.74) is 4.42. The second-order valence-corrected chi connectivity index (χ2v) is 9.11. The van der Waals surface area contributed by atoms with Gasteiger partial charge in [0, 0.05) is 18.8 Å². The highest BCUT2D eigenvalue weighted by Crippen LogP contribution is 2.30. The number of aromatic nitrogens is 6. The first kappa shape index (κ1) is 24.4. The highest BCUT2D eigenvalue weighted by atomic mass is 16.5. The van der Waals surface area contributed by atoms with Crippen LogP contribution in [0.5, 0.6) is 11.8 Å². The Hall–Kier alpha value is -4.34. The molecule has 3 heterocycles. The molecule has 37 heavy (non-hydrogen) atoms. The van der Waals surface area contributed by atoms with Crippen LogP contribution in [0.25, 0.3) is 22.6 Å². The van der Waals surface area contributed by atoms with Gasteiger partial charge < -0.3 is 14.6 Å². The van der Waals surface area contributed by atoms with Crippen molar-refractivity contribution in [3.63, 3.8) is 0 Å². The van der Waals surface area contributed by atoms with E-state index in [-0.39, 0.29) is 24.6 Å². The zero-order valence-electron chi connectivity index (χ0n) is 20.7. The van der Waals surface area contributed by atoms with E-state index in [0.29, 0.717) is 35.7 Å². The average molecular weight is 501 g/mol. The van der Waals surface area contributed by atoms with Gasteiger partial charge in [0.25, 0.3) is 0 Å². The van der Waals surface area contributed by atoms with Crippen LogP contribution in [0.15, 0.2) is 54.7 Å². The van der Waals surface area contributed by atoms with Crippen LogP contribution in [0, 0.1) is 12.8 Å². The molecule has 0 amide bonds. The molecule has 0 radical (unpaired) electrons. The number of rotatable bonds is 8. The predicted octanol–water partition coefficient (Wildman–Crippen LogP) is 4.24. The van der Waals surface area contributed by atoms with Gasteiger partial charge in [-0.05, 0) is 50.8 Å². The van der Waals surface area contributed by atoms with Crippen molar-refractivity contribution >= 4 is 5.97 Å². The van der Waals surface area contributed by atoms with Crippen LogP contribution in [0.3, 0.4) is 0 Å². The Morgan fingerprint density at radius 2 is 1.92 bits per heavy atom. The third kappa shape index (κ3) is 5.58. The first-order chi connectivity index (χ1) is 18.0. The molecule has 2 unspecified atom stereocenters. The number of aliphatic carboxylic acids is 1. The number of carbonyl (C=O) groups is 1. The van der Waals surface area contributed by atoms with Crippen molar-refractivity contribution in [2.24, 2.45) is 13.0 Å². The van der Waals surface area contributed by atoms with Crippen molar-refractivity contribution < 1.29 is 19.4 Å². The molecule has 2 atom stereocenters. The van der Waals surface area contributed by atoms with Gasteiger partial charge in [0.15, 0.2) is 0 Å². The molecular weight excluding hydrogens is 472 g/mol. The van der Waals surface area contributed by atoms with Gasteiger partial charge in [0.1, 0.15) is 23.7 Å². The van der Waals surface area contributed by atoms with Gasteiger partial charge in [-0.2, -0.15) is 4.98 Å². The number of hydrogen-bond acceptors (Lipinski definition) is 8. The number of carboxylic acids is 1. The number of nitrogens with zero attached hydrogens (tertiary/aromatic N) is 6. The number of ether oxygens (including phenoxy) is 2. The van der Waals surface area contributed by atoms with E-state index in [0.717, 1.165) is 29.8 Å². The van der Waals surface area contributed by atoms with Crippen LogP contribution in [0.1, 0.15) is 37.1 Å². The molecule has 10 nitrogen and oxygen atoms in total. The van der Waals surface area contributed by atoms with Gasteiger partial charge in [0.2, 0.25) is 0 Å². The number of aryl methyl sites for hydroxylation is 2. The van der Waals surface area contributed by atoms with E-state index in [2.05, 4.69) is 20.3 Å². The maximum absolute atomic E-state index is 11.4. The standard InChI is InChI=1S/C27H28N6O4/c1-17-24(37-20-10-6-9-19(15-20)26(34)35)12-11-22(29-17)25-23(33(2)32-31-25)16-36-27-28-14-13-21(30-27)18-7-4-3-5-8-18/h3-5,7-8,11-14,19-20H,6,9-10,15-16H2,1-2H3,(H,34,35). The molecule has 0 bridgehead atoms. The van der Waals surface area contributed by atoms with E-state index in [9.17, 15) is 9.90 Å². The molecule has 3 aromatic heterocycles. The Morgan fingerprint density at radius 1 is 1.08 bits per heavy atom. The Morgan fingerprint density at radius 3 is 2.70 bits per heavy atom. The Kier molecular flexibility index (Phi) is 7.07. The predicted molar refractivity (Wildman–Crippen MR) is 135 cm³/mol. The summed E-state index contributed by atoms with van der Waals surface area (Å²) in [6, 6.07) is 15.6. The molecule has 1 aliphatic carbocycles. The van der Waals surface area contributed by atoms with Crippen LogP contribution in [0.4, 0.5) is 0 Å². The molecule has 1 aliphatic rings. The minimum atomic E-state index is -0.756. The largest absolute Gasteiger partial charge is 0.489 e. The maximum Gasteiger partial charge on any atom is 0.317 e. The normalized spacial score (nSPS) is 17.4. The van der Waals surface area contributed by atoms with Crippen molar-refractivity contribution in [2.45, 2.75) is 45.3 Å². The Bertz CT molecular complexity index is 1390. The fourth-order valence-electron chi connectivity index (χ4n) is 4.51. The summed E-state index contributed by atoms with van der Waals surface area (Å²) in [5, 5.41) is 17.8. The Balaban J connectivity index is 1.30.